The molecule has 4 heteroatoms. The fourth-order valence-corrected chi connectivity index (χ4v) is 1.73. The summed E-state index contributed by atoms with van der Waals surface area (Å²) in [4.78, 5) is 3.11. The number of nitrogens with one attached hydrogen (secondary N) is 1. The Morgan fingerprint density at radius 1 is 1.43 bits per heavy atom. The van der Waals surface area contributed by atoms with Gasteiger partial charge in [0.05, 0.1) is 12.6 Å². The molecule has 0 unspecified atom stereocenters. The van der Waals surface area contributed by atoms with Crippen LogP contribution in [0.5, 0.6) is 17.2 Å². The highest BCUT2D eigenvalue weighted by atomic mass is 16.7. The average molecular weight is 191 g/mol. The minimum Gasteiger partial charge on any atom is -0.492 e. The van der Waals surface area contributed by atoms with E-state index in [1.54, 1.807) is 7.11 Å². The zero-order chi connectivity index (χ0) is 9.54. The van der Waals surface area contributed by atoms with Gasteiger partial charge in [0.25, 0.3) is 0 Å². The lowest BCUT2D eigenvalue weighted by atomic mass is 10.2. The van der Waals surface area contributed by atoms with E-state index in [2.05, 4.69) is 4.98 Å². The molecule has 0 saturated heterocycles. The molecule has 0 amide bonds. The summed E-state index contributed by atoms with van der Waals surface area (Å²) in [6.45, 7) is 0.262. The van der Waals surface area contributed by atoms with Crippen LogP contribution in [-0.4, -0.2) is 18.9 Å². The standard InChI is InChI=1S/C10H9NO3/c1-12-9-6-2-3-11-7(6)4-8-10(9)14-5-13-8/h2-4,11H,5H2,1H3. The summed E-state index contributed by atoms with van der Waals surface area (Å²) < 4.78 is 15.9. The van der Waals surface area contributed by atoms with Crippen molar-refractivity contribution in [2.45, 2.75) is 0 Å². The topological polar surface area (TPSA) is 43.5 Å². The van der Waals surface area contributed by atoms with Gasteiger partial charge in [0.2, 0.25) is 12.5 Å². The summed E-state index contributed by atoms with van der Waals surface area (Å²) in [7, 11) is 1.63. The quantitative estimate of drug-likeness (QED) is 0.748. The molecule has 1 N–H and O–H groups in total. The fourth-order valence-electron chi connectivity index (χ4n) is 1.73. The molecule has 1 aromatic heterocycles. The van der Waals surface area contributed by atoms with Crippen molar-refractivity contribution < 1.29 is 14.2 Å². The van der Waals surface area contributed by atoms with Gasteiger partial charge in [0.1, 0.15) is 0 Å². The number of ether oxygens (including phenoxy) is 3. The van der Waals surface area contributed by atoms with E-state index in [1.165, 1.54) is 0 Å². The average Bonchev–Trinajstić information content (AvgIpc) is 2.80. The molecule has 0 bridgehead atoms. The lowest BCUT2D eigenvalue weighted by Crippen LogP contribution is -1.93. The SMILES string of the molecule is COc1c2c(cc3[nH]ccc13)OCO2. The van der Waals surface area contributed by atoms with Gasteiger partial charge in [-0.2, -0.15) is 0 Å². The van der Waals surface area contributed by atoms with Crippen molar-refractivity contribution in [3.05, 3.63) is 18.3 Å². The summed E-state index contributed by atoms with van der Waals surface area (Å²) in [5, 5.41) is 1.01. The molecule has 0 saturated carbocycles. The van der Waals surface area contributed by atoms with Crippen LogP contribution in [0.2, 0.25) is 0 Å². The van der Waals surface area contributed by atoms with Gasteiger partial charge in [-0.05, 0) is 6.07 Å². The zero-order valence-corrected chi connectivity index (χ0v) is 7.66. The van der Waals surface area contributed by atoms with E-state index in [0.29, 0.717) is 5.75 Å². The van der Waals surface area contributed by atoms with Gasteiger partial charge < -0.3 is 19.2 Å². The van der Waals surface area contributed by atoms with Gasteiger partial charge in [0.15, 0.2) is 11.5 Å². The first-order valence-electron chi connectivity index (χ1n) is 4.34. The Labute approximate surface area is 80.4 Å². The summed E-state index contributed by atoms with van der Waals surface area (Å²) in [6.07, 6.45) is 1.86. The molecular formula is C10H9NO3. The largest absolute Gasteiger partial charge is 0.492 e. The molecule has 3 rings (SSSR count). The van der Waals surface area contributed by atoms with Crippen LogP contribution in [0.4, 0.5) is 0 Å². The Hall–Kier alpha value is -1.84. The number of hydrogen-bond donors (Lipinski definition) is 1. The molecule has 2 aromatic rings. The van der Waals surface area contributed by atoms with Gasteiger partial charge in [-0.1, -0.05) is 0 Å². The fraction of sp³-hybridized carbons (Fsp3) is 0.200. The lowest BCUT2D eigenvalue weighted by Gasteiger charge is -2.05. The summed E-state index contributed by atoms with van der Waals surface area (Å²) in [5.74, 6) is 2.16. The molecule has 1 aliphatic heterocycles. The Balaban J connectivity index is 2.40. The van der Waals surface area contributed by atoms with Crippen molar-refractivity contribution in [2.75, 3.05) is 13.9 Å². The number of rotatable bonds is 1. The molecule has 0 fully saturated rings. The van der Waals surface area contributed by atoms with Crippen molar-refractivity contribution in [1.82, 2.24) is 4.98 Å². The first-order chi connectivity index (χ1) is 6.90. The van der Waals surface area contributed by atoms with Gasteiger partial charge in [0, 0.05) is 17.6 Å². The third kappa shape index (κ3) is 0.824. The predicted molar refractivity (Wildman–Crippen MR) is 51.0 cm³/mol. The first-order valence-corrected chi connectivity index (χ1v) is 4.34. The first kappa shape index (κ1) is 7.55. The van der Waals surface area contributed by atoms with Crippen LogP contribution < -0.4 is 14.2 Å². The van der Waals surface area contributed by atoms with Crippen LogP contribution in [0, 0.1) is 0 Å². The maximum Gasteiger partial charge on any atom is 0.231 e. The monoisotopic (exact) mass is 191 g/mol. The summed E-state index contributed by atoms with van der Waals surface area (Å²) in [5.41, 5.74) is 0.992. The third-order valence-corrected chi connectivity index (χ3v) is 2.35. The molecule has 14 heavy (non-hydrogen) atoms. The zero-order valence-electron chi connectivity index (χ0n) is 7.66. The van der Waals surface area contributed by atoms with E-state index in [1.807, 2.05) is 18.3 Å². The van der Waals surface area contributed by atoms with E-state index in [4.69, 9.17) is 14.2 Å². The van der Waals surface area contributed by atoms with E-state index in [-0.39, 0.29) is 6.79 Å². The predicted octanol–water partition coefficient (Wildman–Crippen LogP) is 1.91. The van der Waals surface area contributed by atoms with E-state index in [0.717, 1.165) is 22.4 Å². The van der Waals surface area contributed by atoms with Crippen LogP contribution >= 0.6 is 0 Å². The van der Waals surface area contributed by atoms with Crippen LogP contribution in [0.1, 0.15) is 0 Å². The molecule has 0 spiro atoms. The minimum atomic E-state index is 0.262. The van der Waals surface area contributed by atoms with Gasteiger partial charge >= 0.3 is 0 Å². The summed E-state index contributed by atoms with van der Waals surface area (Å²) >= 11 is 0. The molecular weight excluding hydrogens is 182 g/mol. The van der Waals surface area contributed by atoms with Crippen molar-refractivity contribution >= 4 is 10.9 Å². The molecule has 1 aliphatic rings. The molecule has 4 nitrogen and oxygen atoms in total. The molecule has 0 aliphatic carbocycles. The van der Waals surface area contributed by atoms with E-state index < -0.39 is 0 Å². The maximum absolute atomic E-state index is 5.34. The van der Waals surface area contributed by atoms with Crippen molar-refractivity contribution in [1.29, 1.82) is 0 Å². The Bertz CT molecular complexity index is 489. The number of aromatic amines is 1. The molecule has 1 aromatic carbocycles. The Morgan fingerprint density at radius 3 is 3.21 bits per heavy atom. The number of hydrogen-bond acceptors (Lipinski definition) is 3. The normalized spacial score (nSPS) is 13.5. The number of H-pyrrole nitrogens is 1. The van der Waals surface area contributed by atoms with Crippen LogP contribution in [0.3, 0.4) is 0 Å². The third-order valence-electron chi connectivity index (χ3n) is 2.35. The van der Waals surface area contributed by atoms with Crippen molar-refractivity contribution in [3.63, 3.8) is 0 Å². The van der Waals surface area contributed by atoms with Gasteiger partial charge in [-0.15, -0.1) is 0 Å². The Morgan fingerprint density at radius 2 is 2.36 bits per heavy atom. The number of benzene rings is 1. The molecule has 0 atom stereocenters. The number of fused-ring (bicyclic) bond motifs is 2. The van der Waals surface area contributed by atoms with Crippen LogP contribution in [0.15, 0.2) is 18.3 Å². The second-order valence-corrected chi connectivity index (χ2v) is 3.08. The second-order valence-electron chi connectivity index (χ2n) is 3.08. The van der Waals surface area contributed by atoms with Crippen molar-refractivity contribution in [2.24, 2.45) is 0 Å². The van der Waals surface area contributed by atoms with Gasteiger partial charge in [-0.3, -0.25) is 0 Å². The van der Waals surface area contributed by atoms with Crippen molar-refractivity contribution in [3.8, 4) is 17.2 Å². The lowest BCUT2D eigenvalue weighted by molar-refractivity contribution is 0.171. The minimum absolute atomic E-state index is 0.262. The molecule has 72 valence electrons. The molecule has 0 radical (unpaired) electrons. The van der Waals surface area contributed by atoms with Crippen LogP contribution in [0.25, 0.3) is 10.9 Å². The highest BCUT2D eigenvalue weighted by Crippen LogP contribution is 2.45. The van der Waals surface area contributed by atoms with E-state index in [9.17, 15) is 0 Å². The maximum atomic E-state index is 5.34. The van der Waals surface area contributed by atoms with Crippen LogP contribution in [-0.2, 0) is 0 Å². The Kier molecular flexibility index (Phi) is 1.39. The second kappa shape index (κ2) is 2.57. The number of aromatic nitrogens is 1. The highest BCUT2D eigenvalue weighted by molar-refractivity contribution is 5.91. The van der Waals surface area contributed by atoms with E-state index >= 15 is 0 Å². The molecule has 2 heterocycles. The smallest absolute Gasteiger partial charge is 0.231 e. The highest BCUT2D eigenvalue weighted by Gasteiger charge is 2.21. The number of methoxy groups -OCH3 is 1. The summed E-state index contributed by atoms with van der Waals surface area (Å²) in [6, 6.07) is 3.87. The van der Waals surface area contributed by atoms with Gasteiger partial charge in [-0.25, -0.2) is 0 Å².